The van der Waals surface area contributed by atoms with E-state index in [9.17, 15) is 4.79 Å². The zero-order valence-electron chi connectivity index (χ0n) is 14.6. The molecule has 0 saturated carbocycles. The third-order valence-electron chi connectivity index (χ3n) is 4.61. The number of amides is 1. The van der Waals surface area contributed by atoms with Gasteiger partial charge >= 0.3 is 0 Å². The fourth-order valence-corrected chi connectivity index (χ4v) is 4.19. The summed E-state index contributed by atoms with van der Waals surface area (Å²) in [5.74, 6) is 1.44. The zero-order chi connectivity index (χ0) is 17.8. The molecule has 4 nitrogen and oxygen atoms in total. The van der Waals surface area contributed by atoms with Crippen LogP contribution in [0, 0.1) is 0 Å². The van der Waals surface area contributed by atoms with Crippen molar-refractivity contribution in [3.05, 3.63) is 66.0 Å². The Bertz CT molecular complexity index is 908. The molecule has 4 rings (SSSR count). The first kappa shape index (κ1) is 17.0. The number of fused-ring (bicyclic) bond motifs is 1. The van der Waals surface area contributed by atoms with E-state index >= 15 is 0 Å². The molecule has 0 atom stereocenters. The quantitative estimate of drug-likeness (QED) is 0.509. The van der Waals surface area contributed by atoms with Gasteiger partial charge in [-0.05, 0) is 24.5 Å². The minimum absolute atomic E-state index is 0.208. The Morgan fingerprint density at radius 3 is 2.50 bits per heavy atom. The van der Waals surface area contributed by atoms with Gasteiger partial charge in [-0.2, -0.15) is 0 Å². The molecule has 2 heterocycles. The molecule has 0 spiro atoms. The van der Waals surface area contributed by atoms with Gasteiger partial charge in [0.15, 0.2) is 0 Å². The van der Waals surface area contributed by atoms with Crippen molar-refractivity contribution in [3.63, 3.8) is 0 Å². The van der Waals surface area contributed by atoms with E-state index in [-0.39, 0.29) is 5.91 Å². The number of hydrogen-bond acceptors (Lipinski definition) is 4. The summed E-state index contributed by atoms with van der Waals surface area (Å²) in [4.78, 5) is 23.8. The molecule has 0 radical (unpaired) electrons. The number of benzene rings is 2. The molecule has 0 N–H and O–H groups in total. The van der Waals surface area contributed by atoms with Crippen LogP contribution in [0.15, 0.2) is 59.6 Å². The molecule has 1 aliphatic rings. The standard InChI is InChI=1S/C21H21N3OS/c25-20(24-12-6-7-13-24)15-26-21-17-10-4-5-11-18(17)22-19(23-21)14-16-8-2-1-3-9-16/h1-5,8-11H,6-7,12-15H2. The van der Waals surface area contributed by atoms with Gasteiger partial charge in [0.05, 0.1) is 11.3 Å². The summed E-state index contributed by atoms with van der Waals surface area (Å²) < 4.78 is 0. The van der Waals surface area contributed by atoms with E-state index < -0.39 is 0 Å². The number of para-hydroxylation sites is 1. The smallest absolute Gasteiger partial charge is 0.232 e. The molecule has 3 aromatic rings. The molecule has 1 fully saturated rings. The number of aromatic nitrogens is 2. The van der Waals surface area contributed by atoms with E-state index in [1.807, 2.05) is 47.4 Å². The Kier molecular flexibility index (Phi) is 5.16. The zero-order valence-corrected chi connectivity index (χ0v) is 15.4. The van der Waals surface area contributed by atoms with Crippen molar-refractivity contribution < 1.29 is 4.79 Å². The number of hydrogen-bond donors (Lipinski definition) is 0. The monoisotopic (exact) mass is 363 g/mol. The highest BCUT2D eigenvalue weighted by atomic mass is 32.2. The molecular weight excluding hydrogens is 342 g/mol. The molecular formula is C21H21N3OS. The Labute approximate surface area is 157 Å². The Morgan fingerprint density at radius 2 is 1.69 bits per heavy atom. The highest BCUT2D eigenvalue weighted by Gasteiger charge is 2.19. The van der Waals surface area contributed by atoms with Gasteiger partial charge in [-0.1, -0.05) is 60.3 Å². The Balaban J connectivity index is 1.58. The first-order valence-electron chi connectivity index (χ1n) is 9.00. The van der Waals surface area contributed by atoms with Crippen molar-refractivity contribution in [3.8, 4) is 0 Å². The molecule has 5 heteroatoms. The normalized spacial score (nSPS) is 14.1. The molecule has 26 heavy (non-hydrogen) atoms. The maximum Gasteiger partial charge on any atom is 0.232 e. The van der Waals surface area contributed by atoms with E-state index in [1.165, 1.54) is 17.3 Å². The highest BCUT2D eigenvalue weighted by Crippen LogP contribution is 2.26. The second kappa shape index (κ2) is 7.87. The largest absolute Gasteiger partial charge is 0.342 e. The molecule has 0 bridgehead atoms. The fraction of sp³-hybridized carbons (Fsp3) is 0.286. The minimum atomic E-state index is 0.208. The van der Waals surface area contributed by atoms with Gasteiger partial charge in [0, 0.05) is 24.9 Å². The summed E-state index contributed by atoms with van der Waals surface area (Å²) in [7, 11) is 0. The highest BCUT2D eigenvalue weighted by molar-refractivity contribution is 8.00. The van der Waals surface area contributed by atoms with Crippen LogP contribution in [0.2, 0.25) is 0 Å². The first-order chi connectivity index (χ1) is 12.8. The lowest BCUT2D eigenvalue weighted by Gasteiger charge is -2.15. The maximum atomic E-state index is 12.4. The lowest BCUT2D eigenvalue weighted by Crippen LogP contribution is -2.29. The van der Waals surface area contributed by atoms with Crippen molar-refractivity contribution in [2.24, 2.45) is 0 Å². The predicted octanol–water partition coefficient (Wildman–Crippen LogP) is 3.94. The molecule has 132 valence electrons. The van der Waals surface area contributed by atoms with Crippen molar-refractivity contribution >= 4 is 28.6 Å². The van der Waals surface area contributed by atoms with Gasteiger partial charge in [-0.25, -0.2) is 9.97 Å². The summed E-state index contributed by atoms with van der Waals surface area (Å²) in [6, 6.07) is 18.3. The second-order valence-electron chi connectivity index (χ2n) is 6.50. The van der Waals surface area contributed by atoms with E-state index in [1.54, 1.807) is 0 Å². The number of carbonyl (C=O) groups is 1. The van der Waals surface area contributed by atoms with Crippen molar-refractivity contribution in [1.29, 1.82) is 0 Å². The fourth-order valence-electron chi connectivity index (χ4n) is 3.25. The van der Waals surface area contributed by atoms with Gasteiger partial charge in [-0.15, -0.1) is 0 Å². The number of rotatable bonds is 5. The SMILES string of the molecule is O=C(CSc1nc(Cc2ccccc2)nc2ccccc12)N1CCCC1. The van der Waals surface area contributed by atoms with Crippen LogP contribution < -0.4 is 0 Å². The molecule has 1 aromatic heterocycles. The van der Waals surface area contributed by atoms with Crippen molar-refractivity contribution in [2.75, 3.05) is 18.8 Å². The molecule has 1 saturated heterocycles. The van der Waals surface area contributed by atoms with E-state index in [0.29, 0.717) is 12.2 Å². The van der Waals surface area contributed by atoms with Gasteiger partial charge in [0.2, 0.25) is 5.91 Å². The third kappa shape index (κ3) is 3.88. The number of carbonyl (C=O) groups excluding carboxylic acids is 1. The van der Waals surface area contributed by atoms with Crippen LogP contribution in [0.3, 0.4) is 0 Å². The van der Waals surface area contributed by atoms with Crippen molar-refractivity contribution in [2.45, 2.75) is 24.3 Å². The molecule has 0 unspecified atom stereocenters. The third-order valence-corrected chi connectivity index (χ3v) is 5.59. The van der Waals surface area contributed by atoms with E-state index in [2.05, 4.69) is 12.1 Å². The van der Waals surface area contributed by atoms with Crippen LogP contribution in [-0.2, 0) is 11.2 Å². The molecule has 1 aliphatic heterocycles. The Morgan fingerprint density at radius 1 is 0.962 bits per heavy atom. The number of likely N-dealkylation sites (tertiary alicyclic amines) is 1. The summed E-state index contributed by atoms with van der Waals surface area (Å²) in [5.41, 5.74) is 2.12. The van der Waals surface area contributed by atoms with Crippen LogP contribution in [0.4, 0.5) is 0 Å². The predicted molar refractivity (Wildman–Crippen MR) is 105 cm³/mol. The van der Waals surface area contributed by atoms with Crippen LogP contribution in [-0.4, -0.2) is 39.6 Å². The topological polar surface area (TPSA) is 46.1 Å². The summed E-state index contributed by atoms with van der Waals surface area (Å²) in [5, 5.41) is 1.91. The van der Waals surface area contributed by atoms with Gasteiger partial charge in [0.1, 0.15) is 10.9 Å². The summed E-state index contributed by atoms with van der Waals surface area (Å²) in [6.07, 6.45) is 2.93. The Hall–Kier alpha value is -2.40. The molecule has 2 aromatic carbocycles. The van der Waals surface area contributed by atoms with Gasteiger partial charge in [0.25, 0.3) is 0 Å². The number of thioether (sulfide) groups is 1. The second-order valence-corrected chi connectivity index (χ2v) is 7.47. The lowest BCUT2D eigenvalue weighted by molar-refractivity contribution is -0.127. The first-order valence-corrected chi connectivity index (χ1v) is 9.98. The van der Waals surface area contributed by atoms with Crippen LogP contribution in [0.5, 0.6) is 0 Å². The lowest BCUT2D eigenvalue weighted by atomic mass is 10.1. The van der Waals surface area contributed by atoms with Gasteiger partial charge in [-0.3, -0.25) is 4.79 Å². The van der Waals surface area contributed by atoms with Crippen LogP contribution in [0.1, 0.15) is 24.2 Å². The molecule has 1 amide bonds. The van der Waals surface area contributed by atoms with Gasteiger partial charge < -0.3 is 4.90 Å². The van der Waals surface area contributed by atoms with Crippen LogP contribution >= 0.6 is 11.8 Å². The minimum Gasteiger partial charge on any atom is -0.342 e. The van der Waals surface area contributed by atoms with Crippen LogP contribution in [0.25, 0.3) is 10.9 Å². The van der Waals surface area contributed by atoms with E-state index in [0.717, 1.165) is 47.7 Å². The van der Waals surface area contributed by atoms with Crippen molar-refractivity contribution in [1.82, 2.24) is 14.9 Å². The van der Waals surface area contributed by atoms with E-state index in [4.69, 9.17) is 9.97 Å². The maximum absolute atomic E-state index is 12.4. The summed E-state index contributed by atoms with van der Waals surface area (Å²) in [6.45, 7) is 1.78. The summed E-state index contributed by atoms with van der Waals surface area (Å²) >= 11 is 1.53. The average Bonchev–Trinajstić information content (AvgIpc) is 3.21. The molecule has 0 aliphatic carbocycles. The average molecular weight is 363 g/mol. The number of nitrogens with zero attached hydrogens (tertiary/aromatic N) is 3.